The average molecular weight is 267 g/mol. The van der Waals surface area contributed by atoms with Crippen LogP contribution in [0.4, 0.5) is 0 Å². The second kappa shape index (κ2) is 5.00. The molecule has 0 bridgehead atoms. The largest absolute Gasteiger partial charge is 0.214 e. The smallest absolute Gasteiger partial charge is 0.192 e. The lowest BCUT2D eigenvalue weighted by molar-refractivity contribution is 0.572. The van der Waals surface area contributed by atoms with Gasteiger partial charge in [-0.2, -0.15) is 10.1 Å². The van der Waals surface area contributed by atoms with Crippen molar-refractivity contribution in [2.45, 2.75) is 6.54 Å². The normalized spacial score (nSPS) is 10.3. The Morgan fingerprint density at radius 1 is 1.21 bits per heavy atom. The molecule has 0 fully saturated rings. The van der Waals surface area contributed by atoms with Gasteiger partial charge >= 0.3 is 0 Å². The van der Waals surface area contributed by atoms with Gasteiger partial charge in [-0.1, -0.05) is 24.3 Å². The fraction of sp³-hybridized carbons (Fsp3) is 0.0769. The van der Waals surface area contributed by atoms with Gasteiger partial charge in [-0.3, -0.25) is 0 Å². The number of nitriles is 1. The van der Waals surface area contributed by atoms with Crippen LogP contribution in [0.2, 0.25) is 0 Å². The molecule has 2 heterocycles. The molecule has 0 atom stereocenters. The average Bonchev–Trinajstić information content (AvgIpc) is 3.09. The molecule has 0 saturated heterocycles. The van der Waals surface area contributed by atoms with Gasteiger partial charge in [0.25, 0.3) is 0 Å². The van der Waals surface area contributed by atoms with E-state index in [-0.39, 0.29) is 0 Å². The van der Waals surface area contributed by atoms with Crippen LogP contribution in [0.25, 0.3) is 10.7 Å². The van der Waals surface area contributed by atoms with E-state index in [4.69, 9.17) is 5.26 Å². The van der Waals surface area contributed by atoms with Crippen molar-refractivity contribution in [3.8, 4) is 16.8 Å². The predicted molar refractivity (Wildman–Crippen MR) is 71.4 cm³/mol. The third kappa shape index (κ3) is 2.37. The number of rotatable bonds is 3. The molecule has 0 aliphatic heterocycles. The monoisotopic (exact) mass is 267 g/mol. The Labute approximate surface area is 113 Å². The Kier molecular flexibility index (Phi) is 3.04. The van der Waals surface area contributed by atoms with E-state index in [0.29, 0.717) is 17.9 Å². The highest BCUT2D eigenvalue weighted by Crippen LogP contribution is 2.19. The molecule has 0 unspecified atom stereocenters. The number of benzene rings is 1. The third-order valence-electron chi connectivity index (χ3n) is 2.64. The standard InChI is InChI=1S/C13H9N5S/c14-8-10-4-1-2-5-11(10)9-18-16-13(15-17-18)12-6-3-7-19-12/h1-7H,9H2. The molecule has 6 heteroatoms. The minimum absolute atomic E-state index is 0.447. The topological polar surface area (TPSA) is 67.4 Å². The number of hydrogen-bond acceptors (Lipinski definition) is 5. The van der Waals surface area contributed by atoms with E-state index in [9.17, 15) is 0 Å². The summed E-state index contributed by atoms with van der Waals surface area (Å²) in [6.07, 6.45) is 0. The second-order valence-electron chi connectivity index (χ2n) is 3.89. The highest BCUT2D eigenvalue weighted by molar-refractivity contribution is 7.13. The Hall–Kier alpha value is -2.52. The summed E-state index contributed by atoms with van der Waals surface area (Å²) in [5.74, 6) is 0.615. The van der Waals surface area contributed by atoms with Crippen LogP contribution >= 0.6 is 11.3 Å². The van der Waals surface area contributed by atoms with Crippen LogP contribution in [0, 0.1) is 11.3 Å². The summed E-state index contributed by atoms with van der Waals surface area (Å²) in [5.41, 5.74) is 1.53. The molecular weight excluding hydrogens is 258 g/mol. The van der Waals surface area contributed by atoms with Crippen LogP contribution in [-0.4, -0.2) is 20.2 Å². The lowest BCUT2D eigenvalue weighted by Crippen LogP contribution is -2.05. The van der Waals surface area contributed by atoms with Crippen molar-refractivity contribution in [1.82, 2.24) is 20.2 Å². The minimum atomic E-state index is 0.447. The molecule has 0 N–H and O–H groups in total. The highest BCUT2D eigenvalue weighted by atomic mass is 32.1. The number of thiophene rings is 1. The quantitative estimate of drug-likeness (QED) is 0.730. The summed E-state index contributed by atoms with van der Waals surface area (Å²) in [7, 11) is 0. The molecule has 19 heavy (non-hydrogen) atoms. The van der Waals surface area contributed by atoms with Gasteiger partial charge in [-0.05, 0) is 28.3 Å². The van der Waals surface area contributed by atoms with E-state index in [1.807, 2.05) is 35.7 Å². The van der Waals surface area contributed by atoms with Crippen LogP contribution in [-0.2, 0) is 6.54 Å². The first-order chi connectivity index (χ1) is 9.36. The third-order valence-corrected chi connectivity index (χ3v) is 3.51. The second-order valence-corrected chi connectivity index (χ2v) is 4.84. The molecule has 5 nitrogen and oxygen atoms in total. The zero-order chi connectivity index (χ0) is 13.1. The first-order valence-corrected chi connectivity index (χ1v) is 6.54. The van der Waals surface area contributed by atoms with Crippen LogP contribution in [0.1, 0.15) is 11.1 Å². The highest BCUT2D eigenvalue weighted by Gasteiger charge is 2.08. The molecule has 92 valence electrons. The van der Waals surface area contributed by atoms with Crippen LogP contribution < -0.4 is 0 Å². The fourth-order valence-electron chi connectivity index (χ4n) is 1.73. The number of tetrazole rings is 1. The van der Waals surface area contributed by atoms with Crippen molar-refractivity contribution in [2.24, 2.45) is 0 Å². The first kappa shape index (κ1) is 11.6. The molecule has 0 saturated carbocycles. The van der Waals surface area contributed by atoms with Gasteiger partial charge < -0.3 is 0 Å². The maximum Gasteiger partial charge on any atom is 0.214 e. The van der Waals surface area contributed by atoms with Crippen molar-refractivity contribution < 1.29 is 0 Å². The molecular formula is C13H9N5S. The van der Waals surface area contributed by atoms with Crippen LogP contribution in [0.15, 0.2) is 41.8 Å². The van der Waals surface area contributed by atoms with E-state index >= 15 is 0 Å². The summed E-state index contributed by atoms with van der Waals surface area (Å²) in [6.45, 7) is 0.447. The Balaban J connectivity index is 1.87. The first-order valence-electron chi connectivity index (χ1n) is 5.66. The van der Waals surface area contributed by atoms with Crippen molar-refractivity contribution in [3.05, 3.63) is 52.9 Å². The zero-order valence-corrected chi connectivity index (χ0v) is 10.7. The van der Waals surface area contributed by atoms with Crippen molar-refractivity contribution in [1.29, 1.82) is 5.26 Å². The Morgan fingerprint density at radius 2 is 2.11 bits per heavy atom. The molecule has 3 rings (SSSR count). The molecule has 2 aromatic heterocycles. The van der Waals surface area contributed by atoms with E-state index < -0.39 is 0 Å². The number of aromatic nitrogens is 4. The summed E-state index contributed by atoms with van der Waals surface area (Å²) in [6, 6.07) is 13.5. The van der Waals surface area contributed by atoms with E-state index in [2.05, 4.69) is 21.5 Å². The van der Waals surface area contributed by atoms with Crippen molar-refractivity contribution in [2.75, 3.05) is 0 Å². The summed E-state index contributed by atoms with van der Waals surface area (Å²) >= 11 is 1.57. The Bertz CT molecular complexity index is 724. The van der Waals surface area contributed by atoms with Gasteiger partial charge in [0.05, 0.1) is 23.1 Å². The fourth-order valence-corrected chi connectivity index (χ4v) is 2.38. The van der Waals surface area contributed by atoms with Gasteiger partial charge in [0.1, 0.15) is 0 Å². The van der Waals surface area contributed by atoms with E-state index in [0.717, 1.165) is 10.4 Å². The van der Waals surface area contributed by atoms with E-state index in [1.54, 1.807) is 17.4 Å². The molecule has 3 aromatic rings. The lowest BCUT2D eigenvalue weighted by atomic mass is 10.1. The molecule has 0 aliphatic carbocycles. The van der Waals surface area contributed by atoms with Gasteiger partial charge in [-0.15, -0.1) is 21.5 Å². The maximum atomic E-state index is 9.04. The summed E-state index contributed by atoms with van der Waals surface area (Å²) in [4.78, 5) is 2.49. The van der Waals surface area contributed by atoms with Crippen LogP contribution in [0.5, 0.6) is 0 Å². The van der Waals surface area contributed by atoms with Gasteiger partial charge in [0, 0.05) is 0 Å². The Morgan fingerprint density at radius 3 is 2.89 bits per heavy atom. The van der Waals surface area contributed by atoms with Gasteiger partial charge in [0.15, 0.2) is 0 Å². The molecule has 0 amide bonds. The predicted octanol–water partition coefficient (Wildman–Crippen LogP) is 2.32. The van der Waals surface area contributed by atoms with Gasteiger partial charge in [-0.25, -0.2) is 0 Å². The minimum Gasteiger partial charge on any atom is -0.192 e. The number of nitrogens with zero attached hydrogens (tertiary/aromatic N) is 5. The molecule has 0 spiro atoms. The zero-order valence-electron chi connectivity index (χ0n) is 9.89. The molecule has 0 radical (unpaired) electrons. The summed E-state index contributed by atoms with van der Waals surface area (Å²) < 4.78 is 0. The van der Waals surface area contributed by atoms with E-state index in [1.165, 1.54) is 4.80 Å². The lowest BCUT2D eigenvalue weighted by Gasteiger charge is -2.01. The molecule has 1 aromatic carbocycles. The molecule has 0 aliphatic rings. The van der Waals surface area contributed by atoms with Crippen molar-refractivity contribution >= 4 is 11.3 Å². The van der Waals surface area contributed by atoms with Gasteiger partial charge in [0.2, 0.25) is 5.82 Å². The number of hydrogen-bond donors (Lipinski definition) is 0. The summed E-state index contributed by atoms with van der Waals surface area (Å²) in [5, 5.41) is 23.4. The van der Waals surface area contributed by atoms with Crippen molar-refractivity contribution in [3.63, 3.8) is 0 Å². The maximum absolute atomic E-state index is 9.04. The SMILES string of the molecule is N#Cc1ccccc1Cn1nnc(-c2cccs2)n1. The van der Waals surface area contributed by atoms with Crippen LogP contribution in [0.3, 0.4) is 0 Å².